The van der Waals surface area contributed by atoms with Gasteiger partial charge in [0.15, 0.2) is 0 Å². The Morgan fingerprint density at radius 2 is 1.29 bits per heavy atom. The normalized spacial score (nSPS) is 10.7. The van der Waals surface area contributed by atoms with Crippen LogP contribution in [0.3, 0.4) is 0 Å². The Morgan fingerprint density at radius 3 is 1.65 bits per heavy atom. The van der Waals surface area contributed by atoms with Gasteiger partial charge in [-0.2, -0.15) is 0 Å². The first-order valence-electron chi connectivity index (χ1n) is 8.04. The molecule has 0 aliphatic rings. The number of aromatic nitrogens is 4. The smallest absolute Gasteiger partial charge is 0.263 e. The van der Waals surface area contributed by atoms with E-state index in [-0.39, 0.29) is 14.9 Å². The molecule has 0 fully saturated rings. The molecular formula is C16H15ClN6O4S4. The largest absolute Gasteiger partial charge is 0.374 e. The highest BCUT2D eigenvalue weighted by Gasteiger charge is 2.14. The van der Waals surface area contributed by atoms with E-state index in [2.05, 4.69) is 25.1 Å². The zero-order valence-electron chi connectivity index (χ0n) is 15.4. The number of benzene rings is 2. The minimum Gasteiger partial charge on any atom is -0.374 e. The van der Waals surface area contributed by atoms with Gasteiger partial charge >= 0.3 is 0 Å². The van der Waals surface area contributed by atoms with Crippen molar-refractivity contribution in [3.05, 3.63) is 71.7 Å². The predicted molar refractivity (Wildman–Crippen MR) is 121 cm³/mol. The molecule has 2 aromatic heterocycles. The van der Waals surface area contributed by atoms with E-state index in [0.717, 1.165) is 11.3 Å². The lowest BCUT2D eigenvalue weighted by atomic mass is 10.4. The van der Waals surface area contributed by atoms with Crippen LogP contribution in [0.4, 0.5) is 10.3 Å². The van der Waals surface area contributed by atoms with Crippen molar-refractivity contribution in [3.63, 3.8) is 0 Å². The highest BCUT2D eigenvalue weighted by molar-refractivity contribution is 8.13. The summed E-state index contributed by atoms with van der Waals surface area (Å²) in [6.07, 6.45) is 0. The quantitative estimate of drug-likeness (QED) is 0.387. The molecule has 0 amide bonds. The van der Waals surface area contributed by atoms with Gasteiger partial charge in [0.05, 0.1) is 9.79 Å². The lowest BCUT2D eigenvalue weighted by Crippen LogP contribution is -2.12. The van der Waals surface area contributed by atoms with Crippen LogP contribution in [0.2, 0.25) is 0 Å². The molecule has 164 valence electrons. The fraction of sp³-hybridized carbons (Fsp3) is 0. The van der Waals surface area contributed by atoms with Crippen molar-refractivity contribution in [3.8, 4) is 0 Å². The molecule has 4 aromatic rings. The molecule has 0 spiro atoms. The average molecular weight is 519 g/mol. The maximum Gasteiger partial charge on any atom is 0.263 e. The number of nitrogens with zero attached hydrogens (tertiary/aromatic N) is 4. The van der Waals surface area contributed by atoms with Crippen LogP contribution in [-0.2, 0) is 19.1 Å². The van der Waals surface area contributed by atoms with Crippen LogP contribution in [0.5, 0.6) is 0 Å². The number of halogens is 1. The Balaban J connectivity index is 0.000000183. The van der Waals surface area contributed by atoms with Gasteiger partial charge in [-0.1, -0.05) is 59.1 Å². The molecule has 4 rings (SSSR count). The van der Waals surface area contributed by atoms with Crippen molar-refractivity contribution in [2.45, 2.75) is 9.79 Å². The molecular weight excluding hydrogens is 504 g/mol. The third kappa shape index (κ3) is 8.94. The molecule has 2 aromatic carbocycles. The number of nitrogens with one attached hydrogen (secondary N) is 1. The van der Waals surface area contributed by atoms with E-state index in [1.165, 1.54) is 41.1 Å². The van der Waals surface area contributed by atoms with Crippen molar-refractivity contribution in [2.75, 3.05) is 10.5 Å². The zero-order valence-corrected chi connectivity index (χ0v) is 19.5. The monoisotopic (exact) mass is 518 g/mol. The Labute approximate surface area is 191 Å². The molecule has 0 saturated carbocycles. The maximum atomic E-state index is 11.7. The Bertz CT molecular complexity index is 1240. The number of sulfonamides is 1. The summed E-state index contributed by atoms with van der Waals surface area (Å²) in [6.45, 7) is 0. The van der Waals surface area contributed by atoms with Gasteiger partial charge in [0.2, 0.25) is 10.3 Å². The topological polar surface area (TPSA) is 158 Å². The average Bonchev–Trinajstić information content (AvgIpc) is 3.43. The third-order valence-corrected chi connectivity index (χ3v) is 7.02. The zero-order chi connectivity index (χ0) is 22.7. The van der Waals surface area contributed by atoms with Crippen LogP contribution in [0.1, 0.15) is 0 Å². The van der Waals surface area contributed by atoms with Crippen molar-refractivity contribution < 1.29 is 16.8 Å². The molecule has 0 unspecified atom stereocenters. The third-order valence-electron chi connectivity index (χ3n) is 3.04. The van der Waals surface area contributed by atoms with Gasteiger partial charge in [0, 0.05) is 10.7 Å². The number of nitrogen functional groups attached to an aromatic ring is 1. The molecule has 2 heterocycles. The number of rotatable bonds is 4. The van der Waals surface area contributed by atoms with Crippen molar-refractivity contribution in [1.29, 1.82) is 0 Å². The van der Waals surface area contributed by atoms with Gasteiger partial charge in [-0.15, -0.1) is 20.4 Å². The summed E-state index contributed by atoms with van der Waals surface area (Å²) in [5, 5.41) is 14.9. The van der Waals surface area contributed by atoms with E-state index in [1.807, 2.05) is 0 Å². The van der Waals surface area contributed by atoms with Gasteiger partial charge in [-0.25, -0.2) is 16.8 Å². The highest BCUT2D eigenvalue weighted by Crippen LogP contribution is 2.16. The summed E-state index contributed by atoms with van der Waals surface area (Å²) in [4.78, 5) is 0.344. The molecule has 0 saturated heterocycles. The first-order chi connectivity index (χ1) is 14.7. The van der Waals surface area contributed by atoms with E-state index in [9.17, 15) is 16.8 Å². The minimum atomic E-state index is -3.53. The van der Waals surface area contributed by atoms with Crippen LogP contribution < -0.4 is 10.5 Å². The summed E-state index contributed by atoms with van der Waals surface area (Å²) >= 11 is 2.47. The van der Waals surface area contributed by atoms with Gasteiger partial charge in [-0.3, -0.25) is 4.72 Å². The predicted octanol–water partition coefficient (Wildman–Crippen LogP) is 3.07. The maximum absolute atomic E-state index is 11.7. The van der Waals surface area contributed by atoms with Crippen molar-refractivity contribution >= 4 is 62.7 Å². The fourth-order valence-electron chi connectivity index (χ4n) is 1.76. The summed E-state index contributed by atoms with van der Waals surface area (Å²) in [5.74, 6) is 0. The van der Waals surface area contributed by atoms with E-state index in [1.54, 1.807) is 41.9 Å². The summed E-state index contributed by atoms with van der Waals surface area (Å²) in [5.41, 5.74) is 8.18. The van der Waals surface area contributed by atoms with Crippen LogP contribution >= 0.6 is 33.4 Å². The van der Waals surface area contributed by atoms with Crippen molar-refractivity contribution in [1.82, 2.24) is 20.4 Å². The van der Waals surface area contributed by atoms with Crippen LogP contribution in [0.15, 0.2) is 81.5 Å². The second-order valence-electron chi connectivity index (χ2n) is 5.19. The van der Waals surface area contributed by atoms with Gasteiger partial charge in [0.1, 0.15) is 11.0 Å². The second kappa shape index (κ2) is 11.7. The van der Waals surface area contributed by atoms with Crippen molar-refractivity contribution in [2.24, 2.45) is 0 Å². The molecule has 15 heteroatoms. The number of hydrogen-bond acceptors (Lipinski definition) is 11. The molecule has 31 heavy (non-hydrogen) atoms. The molecule has 0 aliphatic heterocycles. The highest BCUT2D eigenvalue weighted by atomic mass is 35.7. The number of hydrogen-bond donors (Lipinski definition) is 2. The molecule has 0 atom stereocenters. The van der Waals surface area contributed by atoms with E-state index >= 15 is 0 Å². The van der Waals surface area contributed by atoms with Crippen LogP contribution in [0.25, 0.3) is 0 Å². The first-order valence-corrected chi connectivity index (χ1v) is 13.6. The van der Waals surface area contributed by atoms with Crippen LogP contribution in [-0.4, -0.2) is 37.2 Å². The first kappa shape index (κ1) is 24.6. The second-order valence-corrected chi connectivity index (χ2v) is 11.1. The molecule has 10 nitrogen and oxygen atoms in total. The van der Waals surface area contributed by atoms with Gasteiger partial charge in [-0.05, 0) is 24.3 Å². The Kier molecular flexibility index (Phi) is 9.26. The van der Waals surface area contributed by atoms with Gasteiger partial charge in [0.25, 0.3) is 19.1 Å². The summed E-state index contributed by atoms with van der Waals surface area (Å²) < 4.78 is 47.0. The van der Waals surface area contributed by atoms with Gasteiger partial charge < -0.3 is 5.73 Å². The number of nitrogens with two attached hydrogens (primary N) is 1. The standard InChI is InChI=1S/C8H7N3O2S2.C6H5ClO2S.C2H3N3S/c12-15(13,7-4-2-1-3-5-7)11-8-10-9-6-14-8;7-10(8,9)6-4-2-1-3-5-6;3-2-5-4-1-6-2/h1-6H,(H,10,11);1-5H;1H,(H2,3,5). The minimum absolute atomic E-state index is 0.136. The van der Waals surface area contributed by atoms with E-state index < -0.39 is 19.1 Å². The molecule has 0 radical (unpaired) electrons. The molecule has 3 N–H and O–H groups in total. The lowest BCUT2D eigenvalue weighted by molar-refractivity contribution is 0.601. The lowest BCUT2D eigenvalue weighted by Gasteiger charge is -2.03. The SMILES string of the molecule is Nc1nncs1.O=S(=O)(Cl)c1ccccc1.O=S(=O)(Nc1nncs1)c1ccccc1. The Hall–Kier alpha value is -2.65. The van der Waals surface area contributed by atoms with E-state index in [0.29, 0.717) is 5.13 Å². The van der Waals surface area contributed by atoms with Crippen LogP contribution in [0, 0.1) is 0 Å². The molecule has 0 aliphatic carbocycles. The Morgan fingerprint density at radius 1 is 0.774 bits per heavy atom. The molecule has 0 bridgehead atoms. The fourth-order valence-corrected chi connectivity index (χ4v) is 4.56. The van der Waals surface area contributed by atoms with E-state index in [4.69, 9.17) is 16.4 Å². The number of anilines is 2. The summed E-state index contributed by atoms with van der Waals surface area (Å²) in [7, 11) is -2.03. The summed E-state index contributed by atoms with van der Waals surface area (Å²) in [6, 6.07) is 16.0.